The van der Waals surface area contributed by atoms with E-state index in [9.17, 15) is 4.79 Å². The zero-order valence-electron chi connectivity index (χ0n) is 11.4. The third-order valence-corrected chi connectivity index (χ3v) is 3.51. The topological polar surface area (TPSA) is 65.6 Å². The van der Waals surface area contributed by atoms with Crippen molar-refractivity contribution in [3.05, 3.63) is 53.1 Å². The molecule has 3 aromatic heterocycles. The molecule has 0 aromatic carbocycles. The number of aromatic nitrogens is 5. The Bertz CT molecular complexity index is 804. The second-order valence-electron chi connectivity index (χ2n) is 4.65. The smallest absolute Gasteiger partial charge is 0.261 e. The highest BCUT2D eigenvalue weighted by atomic mass is 16.1. The summed E-state index contributed by atoms with van der Waals surface area (Å²) in [5.41, 5.74) is 1.56. The lowest BCUT2D eigenvalue weighted by atomic mass is 10.1. The minimum Gasteiger partial charge on any atom is -0.290 e. The van der Waals surface area contributed by atoms with E-state index in [1.807, 2.05) is 20.0 Å². The molecule has 0 radical (unpaired) electrons. The molecule has 0 amide bonds. The van der Waals surface area contributed by atoms with E-state index < -0.39 is 0 Å². The molecule has 0 spiro atoms. The minimum absolute atomic E-state index is 0.0505. The van der Waals surface area contributed by atoms with Gasteiger partial charge in [-0.15, -0.1) is 0 Å². The Labute approximate surface area is 115 Å². The molecule has 0 saturated heterocycles. The molecule has 0 fully saturated rings. The monoisotopic (exact) mass is 269 g/mol. The molecule has 3 rings (SSSR count). The van der Waals surface area contributed by atoms with E-state index in [0.29, 0.717) is 10.9 Å². The van der Waals surface area contributed by atoms with Crippen LogP contribution in [0.5, 0.6) is 0 Å². The number of pyridine rings is 1. The fourth-order valence-electron chi connectivity index (χ4n) is 2.47. The lowest BCUT2D eigenvalue weighted by molar-refractivity contribution is 0.502. The van der Waals surface area contributed by atoms with Gasteiger partial charge in [0.15, 0.2) is 0 Å². The highest BCUT2D eigenvalue weighted by molar-refractivity contribution is 5.75. The van der Waals surface area contributed by atoms with Crippen LogP contribution in [0.1, 0.15) is 25.1 Å². The average Bonchev–Trinajstić information content (AvgIpc) is 2.89. The maximum atomic E-state index is 12.6. The fraction of sp³-hybridized carbons (Fsp3) is 0.286. The van der Waals surface area contributed by atoms with Crippen molar-refractivity contribution >= 4 is 10.9 Å². The summed E-state index contributed by atoms with van der Waals surface area (Å²) in [7, 11) is 1.88. The van der Waals surface area contributed by atoms with Crippen molar-refractivity contribution in [3.8, 4) is 0 Å². The van der Waals surface area contributed by atoms with Crippen LogP contribution < -0.4 is 5.56 Å². The summed E-state index contributed by atoms with van der Waals surface area (Å²) < 4.78 is 3.46. The van der Waals surface area contributed by atoms with Crippen molar-refractivity contribution in [2.24, 2.45) is 7.05 Å². The molecule has 3 aromatic rings. The van der Waals surface area contributed by atoms with Crippen molar-refractivity contribution in [3.63, 3.8) is 0 Å². The summed E-state index contributed by atoms with van der Waals surface area (Å²) in [4.78, 5) is 20.9. The van der Waals surface area contributed by atoms with Gasteiger partial charge < -0.3 is 0 Å². The Morgan fingerprint density at radius 2 is 2.15 bits per heavy atom. The number of aryl methyl sites for hydroxylation is 1. The third kappa shape index (κ3) is 1.89. The van der Waals surface area contributed by atoms with Gasteiger partial charge in [-0.3, -0.25) is 19.0 Å². The van der Waals surface area contributed by atoms with Gasteiger partial charge in [0.25, 0.3) is 5.56 Å². The molecule has 1 atom stereocenters. The maximum absolute atomic E-state index is 12.6. The Hall–Kier alpha value is -2.50. The van der Waals surface area contributed by atoms with Gasteiger partial charge in [-0.1, -0.05) is 6.92 Å². The quantitative estimate of drug-likeness (QED) is 0.723. The number of rotatable bonds is 3. The van der Waals surface area contributed by atoms with Crippen molar-refractivity contribution in [2.45, 2.75) is 19.4 Å². The normalized spacial score (nSPS) is 12.7. The van der Waals surface area contributed by atoms with E-state index in [4.69, 9.17) is 0 Å². The molecule has 20 heavy (non-hydrogen) atoms. The number of nitrogens with zero attached hydrogens (tertiary/aromatic N) is 5. The largest absolute Gasteiger partial charge is 0.290 e. The summed E-state index contributed by atoms with van der Waals surface area (Å²) in [5, 5.41) is 4.76. The molecule has 3 heterocycles. The van der Waals surface area contributed by atoms with Crippen LogP contribution in [0.3, 0.4) is 0 Å². The Balaban J connectivity index is 2.21. The maximum Gasteiger partial charge on any atom is 0.261 e. The van der Waals surface area contributed by atoms with Crippen molar-refractivity contribution in [2.75, 3.05) is 0 Å². The van der Waals surface area contributed by atoms with E-state index in [2.05, 4.69) is 15.1 Å². The van der Waals surface area contributed by atoms with Crippen molar-refractivity contribution in [1.82, 2.24) is 24.3 Å². The van der Waals surface area contributed by atoms with Gasteiger partial charge in [0.2, 0.25) is 0 Å². The van der Waals surface area contributed by atoms with Gasteiger partial charge in [0.05, 0.1) is 35.2 Å². The van der Waals surface area contributed by atoms with Crippen LogP contribution in [-0.2, 0) is 7.05 Å². The van der Waals surface area contributed by atoms with Crippen LogP contribution in [0.15, 0.2) is 41.8 Å². The van der Waals surface area contributed by atoms with Gasteiger partial charge in [0, 0.05) is 19.4 Å². The summed E-state index contributed by atoms with van der Waals surface area (Å²) in [6, 6.07) is 3.56. The predicted octanol–water partition coefficient (Wildman–Crippen LogP) is 1.52. The van der Waals surface area contributed by atoms with Crippen molar-refractivity contribution in [1.29, 1.82) is 0 Å². The lowest BCUT2D eigenvalue weighted by Gasteiger charge is -2.18. The second kappa shape index (κ2) is 4.88. The number of hydrogen-bond donors (Lipinski definition) is 0. The molecule has 1 unspecified atom stereocenters. The third-order valence-electron chi connectivity index (χ3n) is 3.51. The summed E-state index contributed by atoms with van der Waals surface area (Å²) >= 11 is 0. The van der Waals surface area contributed by atoms with Gasteiger partial charge in [-0.05, 0) is 18.6 Å². The van der Waals surface area contributed by atoms with E-state index in [1.54, 1.807) is 40.2 Å². The van der Waals surface area contributed by atoms with Crippen LogP contribution in [0, 0.1) is 0 Å². The molecule has 0 aliphatic rings. The molecule has 6 nitrogen and oxygen atoms in total. The van der Waals surface area contributed by atoms with Gasteiger partial charge >= 0.3 is 0 Å². The standard InChI is InChI=1S/C14H15N5O/c1-3-12(13-5-7-17-18(13)2)19-9-16-11-8-15-6-4-10(11)14(19)20/h4-9,12H,3H2,1-2H3. The first-order valence-corrected chi connectivity index (χ1v) is 6.51. The fourth-order valence-corrected chi connectivity index (χ4v) is 2.47. The van der Waals surface area contributed by atoms with E-state index in [1.165, 1.54) is 0 Å². The van der Waals surface area contributed by atoms with Gasteiger partial charge in [0.1, 0.15) is 0 Å². The molecular weight excluding hydrogens is 254 g/mol. The van der Waals surface area contributed by atoms with Crippen LogP contribution in [0.4, 0.5) is 0 Å². The first-order chi connectivity index (χ1) is 9.72. The molecule has 6 heteroatoms. The zero-order valence-corrected chi connectivity index (χ0v) is 11.4. The Morgan fingerprint density at radius 1 is 1.30 bits per heavy atom. The first-order valence-electron chi connectivity index (χ1n) is 6.51. The summed E-state index contributed by atoms with van der Waals surface area (Å²) in [5.74, 6) is 0. The van der Waals surface area contributed by atoms with E-state index in [-0.39, 0.29) is 11.6 Å². The minimum atomic E-state index is -0.0694. The van der Waals surface area contributed by atoms with Gasteiger partial charge in [-0.2, -0.15) is 5.10 Å². The molecular formula is C14H15N5O. The molecule has 0 aliphatic heterocycles. The number of hydrogen-bond acceptors (Lipinski definition) is 4. The Morgan fingerprint density at radius 3 is 2.85 bits per heavy atom. The second-order valence-corrected chi connectivity index (χ2v) is 4.65. The predicted molar refractivity (Wildman–Crippen MR) is 75.4 cm³/mol. The first kappa shape index (κ1) is 12.5. The van der Waals surface area contributed by atoms with E-state index in [0.717, 1.165) is 12.1 Å². The van der Waals surface area contributed by atoms with Crippen LogP contribution in [-0.4, -0.2) is 24.3 Å². The molecule has 0 N–H and O–H groups in total. The molecule has 102 valence electrons. The van der Waals surface area contributed by atoms with Crippen LogP contribution in [0.25, 0.3) is 10.9 Å². The van der Waals surface area contributed by atoms with Crippen molar-refractivity contribution < 1.29 is 0 Å². The number of fused-ring (bicyclic) bond motifs is 1. The van der Waals surface area contributed by atoms with E-state index >= 15 is 0 Å². The lowest BCUT2D eigenvalue weighted by Crippen LogP contribution is -2.27. The SMILES string of the molecule is CCC(c1ccnn1C)n1cnc2cnccc2c1=O. The summed E-state index contributed by atoms with van der Waals surface area (Å²) in [6.07, 6.45) is 7.33. The van der Waals surface area contributed by atoms with Gasteiger partial charge in [-0.25, -0.2) is 4.98 Å². The Kier molecular flexibility index (Phi) is 3.06. The molecule has 0 bridgehead atoms. The van der Waals surface area contributed by atoms with Crippen LogP contribution >= 0.6 is 0 Å². The molecule has 0 aliphatic carbocycles. The highest BCUT2D eigenvalue weighted by Gasteiger charge is 2.17. The average molecular weight is 269 g/mol. The summed E-state index contributed by atoms with van der Waals surface area (Å²) in [6.45, 7) is 2.04. The zero-order chi connectivity index (χ0) is 14.1. The van der Waals surface area contributed by atoms with Crippen LogP contribution in [0.2, 0.25) is 0 Å². The molecule has 0 saturated carbocycles. The highest BCUT2D eigenvalue weighted by Crippen LogP contribution is 2.19.